The van der Waals surface area contributed by atoms with Gasteiger partial charge < -0.3 is 0 Å². The molecule has 0 radical (unpaired) electrons. The molecule has 0 amide bonds. The molecule has 1 nitrogen and oxygen atoms in total. The van der Waals surface area contributed by atoms with E-state index in [-0.39, 0.29) is 0 Å². The van der Waals surface area contributed by atoms with Crippen LogP contribution < -0.4 is 3.56 Å². The molecule has 0 aliphatic carbocycles. The molecular weight excluding hydrogens is 322 g/mol. The SMILES string of the molecule is [Zn][O]c1ccc2ccccc2c1-c1cccc2ccccc12. The molecule has 0 aromatic heterocycles. The van der Waals surface area contributed by atoms with Crippen LogP contribution in [0.3, 0.4) is 0 Å². The molecule has 0 unspecified atom stereocenters. The second kappa shape index (κ2) is 5.55. The van der Waals surface area contributed by atoms with Gasteiger partial charge >= 0.3 is 140 Å². The van der Waals surface area contributed by atoms with Gasteiger partial charge in [-0.3, -0.25) is 0 Å². The molecule has 0 fully saturated rings. The average Bonchev–Trinajstić information content (AvgIpc) is 2.60. The summed E-state index contributed by atoms with van der Waals surface area (Å²) in [6, 6.07) is 27.7. The van der Waals surface area contributed by atoms with Crippen molar-refractivity contribution in [3.8, 4) is 16.9 Å². The summed E-state index contributed by atoms with van der Waals surface area (Å²) in [4.78, 5) is 0. The first-order chi connectivity index (χ1) is 10.9. The van der Waals surface area contributed by atoms with E-state index in [4.69, 9.17) is 3.56 Å². The number of hydrogen-bond donors (Lipinski definition) is 0. The zero-order valence-corrected chi connectivity index (χ0v) is 15.1. The Morgan fingerprint density at radius 1 is 0.591 bits per heavy atom. The second-order valence-electron chi connectivity index (χ2n) is 5.33. The molecule has 0 saturated heterocycles. The van der Waals surface area contributed by atoms with Crippen LogP contribution in [0.15, 0.2) is 78.9 Å². The van der Waals surface area contributed by atoms with Crippen LogP contribution in [0.2, 0.25) is 0 Å². The van der Waals surface area contributed by atoms with Crippen molar-refractivity contribution in [3.05, 3.63) is 78.9 Å². The Hall–Kier alpha value is -2.18. The zero-order valence-electron chi connectivity index (χ0n) is 12.1. The van der Waals surface area contributed by atoms with Gasteiger partial charge in [0.1, 0.15) is 0 Å². The van der Waals surface area contributed by atoms with Crippen molar-refractivity contribution in [2.45, 2.75) is 0 Å². The van der Waals surface area contributed by atoms with E-state index in [1.807, 2.05) is 0 Å². The molecule has 0 aliphatic rings. The third-order valence-electron chi connectivity index (χ3n) is 4.11. The van der Waals surface area contributed by atoms with Gasteiger partial charge in [0.2, 0.25) is 0 Å². The third kappa shape index (κ3) is 2.12. The van der Waals surface area contributed by atoms with Crippen molar-refractivity contribution in [1.82, 2.24) is 0 Å². The fourth-order valence-electron chi connectivity index (χ4n) is 3.09. The molecule has 0 spiro atoms. The Morgan fingerprint density at radius 2 is 1.23 bits per heavy atom. The summed E-state index contributed by atoms with van der Waals surface area (Å²) in [7, 11) is 0. The molecule has 0 N–H and O–H groups in total. The van der Waals surface area contributed by atoms with Crippen LogP contribution >= 0.6 is 0 Å². The fraction of sp³-hybridized carbons (Fsp3) is 0. The van der Waals surface area contributed by atoms with Gasteiger partial charge in [-0.25, -0.2) is 0 Å². The summed E-state index contributed by atoms with van der Waals surface area (Å²) in [5.41, 5.74) is 2.43. The molecule has 2 heteroatoms. The predicted octanol–water partition coefficient (Wildman–Crippen LogP) is 5.50. The summed E-state index contributed by atoms with van der Waals surface area (Å²) >= 11 is 0.788. The van der Waals surface area contributed by atoms with Crippen LogP contribution in [-0.4, -0.2) is 0 Å². The summed E-state index contributed by atoms with van der Waals surface area (Å²) in [5.74, 6) is 0.968. The van der Waals surface area contributed by atoms with Gasteiger partial charge in [0, 0.05) is 0 Å². The molecule has 4 aromatic carbocycles. The zero-order chi connectivity index (χ0) is 14.9. The van der Waals surface area contributed by atoms with E-state index in [1.54, 1.807) is 0 Å². The normalized spacial score (nSPS) is 11.0. The van der Waals surface area contributed by atoms with Gasteiger partial charge in [-0.05, 0) is 0 Å². The van der Waals surface area contributed by atoms with Gasteiger partial charge in [0.15, 0.2) is 0 Å². The Labute approximate surface area is 139 Å². The van der Waals surface area contributed by atoms with Gasteiger partial charge in [0.25, 0.3) is 0 Å². The Kier molecular flexibility index (Phi) is 3.40. The van der Waals surface area contributed by atoms with E-state index >= 15 is 0 Å². The molecule has 101 valence electrons. The van der Waals surface area contributed by atoms with Crippen LogP contribution in [0.5, 0.6) is 5.75 Å². The number of rotatable bonds is 2. The first-order valence-corrected chi connectivity index (χ1v) is 8.51. The van der Waals surface area contributed by atoms with Crippen LogP contribution in [0.4, 0.5) is 0 Å². The van der Waals surface area contributed by atoms with E-state index in [0.717, 1.165) is 24.4 Å². The Bertz CT molecular complexity index is 970. The molecule has 0 saturated carbocycles. The molecule has 0 heterocycles. The van der Waals surface area contributed by atoms with Crippen LogP contribution in [0.1, 0.15) is 0 Å². The summed E-state index contributed by atoms with van der Waals surface area (Å²) in [6.45, 7) is 0. The van der Waals surface area contributed by atoms with Crippen molar-refractivity contribution in [1.29, 1.82) is 0 Å². The molecule has 0 bridgehead atoms. The minimum atomic E-state index is 0.788. The average molecular weight is 335 g/mol. The summed E-state index contributed by atoms with van der Waals surface area (Å²) < 4.78 is 5.78. The summed E-state index contributed by atoms with van der Waals surface area (Å²) in [6.07, 6.45) is 0. The van der Waals surface area contributed by atoms with Crippen molar-refractivity contribution in [3.63, 3.8) is 0 Å². The van der Waals surface area contributed by atoms with Gasteiger partial charge in [-0.15, -0.1) is 0 Å². The van der Waals surface area contributed by atoms with Gasteiger partial charge in [-0.1, -0.05) is 0 Å². The molecule has 22 heavy (non-hydrogen) atoms. The van der Waals surface area contributed by atoms with Crippen molar-refractivity contribution in [2.24, 2.45) is 0 Å². The first-order valence-electron chi connectivity index (χ1n) is 7.30. The molecule has 4 aromatic rings. The van der Waals surface area contributed by atoms with Gasteiger partial charge in [0.05, 0.1) is 0 Å². The van der Waals surface area contributed by atoms with E-state index in [0.29, 0.717) is 0 Å². The fourth-order valence-corrected chi connectivity index (χ4v) is 3.60. The maximum atomic E-state index is 5.78. The Morgan fingerprint density at radius 3 is 2.00 bits per heavy atom. The number of benzene rings is 4. The van der Waals surface area contributed by atoms with Crippen LogP contribution in [0.25, 0.3) is 32.7 Å². The van der Waals surface area contributed by atoms with Crippen molar-refractivity contribution < 1.29 is 22.2 Å². The van der Waals surface area contributed by atoms with E-state index in [9.17, 15) is 0 Å². The maximum absolute atomic E-state index is 5.78. The minimum absolute atomic E-state index is 0.788. The van der Waals surface area contributed by atoms with E-state index in [1.165, 1.54) is 32.7 Å². The quantitative estimate of drug-likeness (QED) is 0.440. The van der Waals surface area contributed by atoms with E-state index in [2.05, 4.69) is 78.9 Å². The number of fused-ring (bicyclic) bond motifs is 2. The van der Waals surface area contributed by atoms with Crippen LogP contribution in [0, 0.1) is 0 Å². The molecular formula is C20H13OZn. The van der Waals surface area contributed by atoms with Gasteiger partial charge in [-0.2, -0.15) is 0 Å². The first kappa shape index (κ1) is 13.5. The number of hydrogen-bond acceptors (Lipinski definition) is 1. The predicted molar refractivity (Wildman–Crippen MR) is 87.5 cm³/mol. The monoisotopic (exact) mass is 333 g/mol. The topological polar surface area (TPSA) is 9.23 Å². The molecule has 4 rings (SSSR count). The van der Waals surface area contributed by atoms with Crippen molar-refractivity contribution in [2.75, 3.05) is 0 Å². The third-order valence-corrected chi connectivity index (χ3v) is 4.76. The van der Waals surface area contributed by atoms with Crippen LogP contribution in [-0.2, 0) is 18.7 Å². The van der Waals surface area contributed by atoms with E-state index < -0.39 is 0 Å². The second-order valence-corrected chi connectivity index (χ2v) is 5.94. The molecule has 0 atom stereocenters. The summed E-state index contributed by atoms with van der Waals surface area (Å²) in [5, 5.41) is 5.00. The molecule has 0 aliphatic heterocycles. The van der Waals surface area contributed by atoms with Crippen molar-refractivity contribution >= 4 is 21.5 Å². The standard InChI is InChI=1S/C20H14O.Zn/c21-19-13-12-15-7-2-4-10-17(15)20(19)18-11-5-8-14-6-1-3-9-16(14)18;/h1-13,21H;/q;+1/p-1. The Balaban J connectivity index is 2.16.